The van der Waals surface area contributed by atoms with Crippen LogP contribution in [0.5, 0.6) is 11.5 Å². The minimum atomic E-state index is -2.88. The molecule has 0 fully saturated rings. The van der Waals surface area contributed by atoms with E-state index in [-0.39, 0.29) is 12.3 Å². The number of hydrogen-bond acceptors (Lipinski definition) is 3. The van der Waals surface area contributed by atoms with Gasteiger partial charge < -0.3 is 20.1 Å². The lowest BCUT2D eigenvalue weighted by atomic mass is 10.1. The van der Waals surface area contributed by atoms with Gasteiger partial charge in [0.1, 0.15) is 11.5 Å². The zero-order chi connectivity index (χ0) is 19.5. The molecule has 7 heteroatoms. The Labute approximate surface area is 158 Å². The molecule has 2 rings (SSSR count). The topological polar surface area (TPSA) is 54.9 Å². The first kappa shape index (κ1) is 20.5. The smallest absolute Gasteiger partial charge is 0.387 e. The van der Waals surface area contributed by atoms with Crippen LogP contribution in [0, 0.1) is 0 Å². The molecule has 0 aliphatic carbocycles. The van der Waals surface area contributed by atoms with Crippen LogP contribution in [0.3, 0.4) is 0 Å². The summed E-state index contributed by atoms with van der Waals surface area (Å²) in [6.45, 7) is -1.86. The number of ether oxygens (including phenoxy) is 2. The molecule has 146 valence electrons. The number of nitrogens with zero attached hydrogens (tertiary/aromatic N) is 1. The van der Waals surface area contributed by atoms with Crippen molar-refractivity contribution in [3.8, 4) is 11.5 Å². The second-order valence-electron chi connectivity index (χ2n) is 5.79. The normalized spacial score (nSPS) is 11.4. The fraction of sp³-hybridized carbons (Fsp3) is 0.350. The van der Waals surface area contributed by atoms with E-state index < -0.39 is 6.61 Å². The Balaban J connectivity index is 1.85. The molecule has 2 N–H and O–H groups in total. The molecule has 0 radical (unpaired) electrons. The van der Waals surface area contributed by atoms with Gasteiger partial charge in [-0.25, -0.2) is 0 Å². The number of guanidine groups is 1. The Morgan fingerprint density at radius 3 is 2.56 bits per heavy atom. The Hall–Kier alpha value is -2.83. The van der Waals surface area contributed by atoms with Crippen LogP contribution in [0.4, 0.5) is 8.78 Å². The van der Waals surface area contributed by atoms with Crippen LogP contribution in [-0.4, -0.2) is 33.3 Å². The van der Waals surface area contributed by atoms with E-state index in [9.17, 15) is 8.78 Å². The summed E-state index contributed by atoms with van der Waals surface area (Å²) in [6, 6.07) is 15.0. The molecule has 0 heterocycles. The molecule has 0 atom stereocenters. The molecule has 2 aromatic carbocycles. The fourth-order valence-electron chi connectivity index (χ4n) is 2.58. The quantitative estimate of drug-likeness (QED) is 0.398. The maximum Gasteiger partial charge on any atom is 0.387 e. The maximum atomic E-state index is 12.6. The van der Waals surface area contributed by atoms with Crippen LogP contribution in [-0.2, 0) is 13.0 Å². The van der Waals surface area contributed by atoms with Crippen molar-refractivity contribution < 1.29 is 18.3 Å². The van der Waals surface area contributed by atoms with Gasteiger partial charge in [-0.3, -0.25) is 4.99 Å². The predicted molar refractivity (Wildman–Crippen MR) is 103 cm³/mol. The van der Waals surface area contributed by atoms with Gasteiger partial charge in [0.25, 0.3) is 0 Å². The third kappa shape index (κ3) is 7.13. The number of aliphatic imine (C=N–C) groups is 1. The maximum absolute atomic E-state index is 12.6. The summed E-state index contributed by atoms with van der Waals surface area (Å²) < 4.78 is 34.9. The number of rotatable bonds is 9. The van der Waals surface area contributed by atoms with Gasteiger partial charge in [0.2, 0.25) is 0 Å². The van der Waals surface area contributed by atoms with Gasteiger partial charge in [0, 0.05) is 25.7 Å². The number of aryl methyl sites for hydroxylation is 1. The zero-order valence-corrected chi connectivity index (χ0v) is 15.5. The monoisotopic (exact) mass is 377 g/mol. The van der Waals surface area contributed by atoms with Gasteiger partial charge in [-0.2, -0.15) is 8.78 Å². The first-order valence-electron chi connectivity index (χ1n) is 8.72. The predicted octanol–water partition coefficient (Wildman–Crippen LogP) is 3.59. The third-order valence-corrected chi connectivity index (χ3v) is 3.93. The summed E-state index contributed by atoms with van der Waals surface area (Å²) in [4.78, 5) is 4.16. The van der Waals surface area contributed by atoms with E-state index in [1.54, 1.807) is 19.2 Å². The molecule has 0 aliphatic rings. The zero-order valence-electron chi connectivity index (χ0n) is 15.5. The van der Waals surface area contributed by atoms with E-state index in [0.29, 0.717) is 17.3 Å². The molecule has 0 bridgehead atoms. The van der Waals surface area contributed by atoms with E-state index in [2.05, 4.69) is 32.5 Å². The average Bonchev–Trinajstić information content (AvgIpc) is 2.68. The van der Waals surface area contributed by atoms with E-state index in [1.165, 1.54) is 18.7 Å². The summed E-state index contributed by atoms with van der Waals surface area (Å²) in [7, 11) is 3.18. The number of halogens is 2. The van der Waals surface area contributed by atoms with Gasteiger partial charge in [-0.15, -0.1) is 0 Å². The molecule has 0 aliphatic heterocycles. The molecule has 2 aromatic rings. The van der Waals surface area contributed by atoms with E-state index in [0.717, 1.165) is 19.4 Å². The van der Waals surface area contributed by atoms with Crippen molar-refractivity contribution in [3.63, 3.8) is 0 Å². The molecule has 27 heavy (non-hydrogen) atoms. The van der Waals surface area contributed by atoms with Gasteiger partial charge >= 0.3 is 6.61 Å². The summed E-state index contributed by atoms with van der Waals surface area (Å²) in [5, 5.41) is 6.33. The van der Waals surface area contributed by atoms with Gasteiger partial charge in [-0.1, -0.05) is 30.3 Å². The highest BCUT2D eigenvalue weighted by atomic mass is 19.3. The SMILES string of the molecule is CN=C(NCCCc1ccccc1)NCc1cc(OC)ccc1OC(F)F. The van der Waals surface area contributed by atoms with E-state index in [4.69, 9.17) is 4.74 Å². The minimum Gasteiger partial charge on any atom is -0.497 e. The molecule has 0 aromatic heterocycles. The Bertz CT molecular complexity index is 724. The van der Waals surface area contributed by atoms with Crippen molar-refractivity contribution in [2.75, 3.05) is 20.7 Å². The summed E-state index contributed by atoms with van der Waals surface area (Å²) in [5.41, 5.74) is 1.84. The van der Waals surface area contributed by atoms with Crippen molar-refractivity contribution in [1.29, 1.82) is 0 Å². The lowest BCUT2D eigenvalue weighted by molar-refractivity contribution is -0.0504. The second-order valence-corrected chi connectivity index (χ2v) is 5.79. The van der Waals surface area contributed by atoms with Crippen LogP contribution < -0.4 is 20.1 Å². The van der Waals surface area contributed by atoms with Crippen LogP contribution in [0.15, 0.2) is 53.5 Å². The molecular formula is C20H25F2N3O2. The summed E-state index contributed by atoms with van der Waals surface area (Å²) in [6.07, 6.45) is 1.91. The fourth-order valence-corrected chi connectivity index (χ4v) is 2.58. The summed E-state index contributed by atoms with van der Waals surface area (Å²) in [5.74, 6) is 1.27. The third-order valence-electron chi connectivity index (χ3n) is 3.93. The first-order valence-corrected chi connectivity index (χ1v) is 8.72. The Kier molecular flexibility index (Phi) is 8.35. The molecule has 0 saturated heterocycles. The van der Waals surface area contributed by atoms with Crippen molar-refractivity contribution in [2.45, 2.75) is 26.0 Å². The van der Waals surface area contributed by atoms with Crippen molar-refractivity contribution in [3.05, 3.63) is 59.7 Å². The van der Waals surface area contributed by atoms with Gasteiger partial charge in [-0.05, 0) is 36.6 Å². The van der Waals surface area contributed by atoms with Crippen LogP contribution in [0.25, 0.3) is 0 Å². The van der Waals surface area contributed by atoms with E-state index in [1.807, 2.05) is 18.2 Å². The average molecular weight is 377 g/mol. The molecule has 0 unspecified atom stereocenters. The first-order chi connectivity index (χ1) is 13.1. The van der Waals surface area contributed by atoms with Crippen LogP contribution in [0.2, 0.25) is 0 Å². The van der Waals surface area contributed by atoms with Crippen molar-refractivity contribution >= 4 is 5.96 Å². The lowest BCUT2D eigenvalue weighted by Gasteiger charge is -2.15. The highest BCUT2D eigenvalue weighted by molar-refractivity contribution is 5.79. The van der Waals surface area contributed by atoms with Gasteiger partial charge in [0.15, 0.2) is 5.96 Å². The highest BCUT2D eigenvalue weighted by Crippen LogP contribution is 2.25. The van der Waals surface area contributed by atoms with E-state index >= 15 is 0 Å². The largest absolute Gasteiger partial charge is 0.497 e. The number of alkyl halides is 2. The minimum absolute atomic E-state index is 0.109. The summed E-state index contributed by atoms with van der Waals surface area (Å²) >= 11 is 0. The molecule has 0 spiro atoms. The highest BCUT2D eigenvalue weighted by Gasteiger charge is 2.11. The molecule has 5 nitrogen and oxygen atoms in total. The lowest BCUT2D eigenvalue weighted by Crippen LogP contribution is -2.37. The second kappa shape index (κ2) is 11.0. The molecule has 0 amide bonds. The Morgan fingerprint density at radius 2 is 1.89 bits per heavy atom. The number of benzene rings is 2. The number of hydrogen-bond donors (Lipinski definition) is 2. The Morgan fingerprint density at radius 1 is 1.11 bits per heavy atom. The van der Waals surface area contributed by atoms with Crippen LogP contribution in [0.1, 0.15) is 17.5 Å². The standard InChI is InChI=1S/C20H25F2N3O2/c1-23-20(24-12-6-9-15-7-4-3-5-8-15)25-14-16-13-17(26-2)10-11-18(16)27-19(21)22/h3-5,7-8,10-11,13,19H,6,9,12,14H2,1-2H3,(H2,23,24,25). The van der Waals surface area contributed by atoms with Gasteiger partial charge in [0.05, 0.1) is 7.11 Å². The number of methoxy groups -OCH3 is 1. The van der Waals surface area contributed by atoms with Crippen molar-refractivity contribution in [2.24, 2.45) is 4.99 Å². The molecular weight excluding hydrogens is 352 g/mol. The van der Waals surface area contributed by atoms with Crippen LogP contribution >= 0.6 is 0 Å². The van der Waals surface area contributed by atoms with Crippen molar-refractivity contribution in [1.82, 2.24) is 10.6 Å². The number of nitrogens with one attached hydrogen (secondary N) is 2. The molecule has 0 saturated carbocycles.